The Balaban J connectivity index is 1.47. The summed E-state index contributed by atoms with van der Waals surface area (Å²) in [6.07, 6.45) is 19.7. The van der Waals surface area contributed by atoms with E-state index in [1.165, 1.54) is 75.5 Å². The second-order valence-corrected chi connectivity index (χ2v) is 9.64. The highest BCUT2D eigenvalue weighted by atomic mass is 16.5. The second-order valence-electron chi connectivity index (χ2n) is 9.64. The van der Waals surface area contributed by atoms with Gasteiger partial charge in [0.2, 0.25) is 0 Å². The molecule has 1 aromatic heterocycles. The third kappa shape index (κ3) is 8.57. The van der Waals surface area contributed by atoms with Crippen LogP contribution in [0.5, 0.6) is 5.75 Å². The number of esters is 1. The minimum Gasteiger partial charge on any atom is -0.427 e. The minimum atomic E-state index is -0.149. The maximum absolute atomic E-state index is 12.1. The smallest absolute Gasteiger partial charge is 0.311 e. The predicted molar refractivity (Wildman–Crippen MR) is 135 cm³/mol. The number of aromatic nitrogens is 2. The van der Waals surface area contributed by atoms with Crippen LogP contribution in [0.3, 0.4) is 0 Å². The molecule has 1 aliphatic carbocycles. The van der Waals surface area contributed by atoms with Crippen molar-refractivity contribution >= 4 is 5.97 Å². The van der Waals surface area contributed by atoms with Gasteiger partial charge in [-0.25, -0.2) is 9.97 Å². The zero-order valence-electron chi connectivity index (χ0n) is 20.8. The van der Waals surface area contributed by atoms with E-state index in [4.69, 9.17) is 9.72 Å². The Bertz CT molecular complexity index is 847. The van der Waals surface area contributed by atoms with E-state index in [-0.39, 0.29) is 5.97 Å². The quantitative estimate of drug-likeness (QED) is 0.167. The summed E-state index contributed by atoms with van der Waals surface area (Å²) in [5.74, 6) is 2.00. The highest BCUT2D eigenvalue weighted by molar-refractivity contribution is 5.72. The molecule has 0 bridgehead atoms. The van der Waals surface area contributed by atoms with Crippen molar-refractivity contribution in [2.45, 2.75) is 110 Å². The summed E-state index contributed by atoms with van der Waals surface area (Å²) in [6, 6.07) is 7.60. The summed E-state index contributed by atoms with van der Waals surface area (Å²) in [6.45, 7) is 4.46. The first kappa shape index (κ1) is 25.4. The first-order chi connectivity index (χ1) is 16.2. The Morgan fingerprint density at radius 2 is 1.64 bits per heavy atom. The number of carbonyl (C=O) groups excluding carboxylic acids is 1. The Kier molecular flexibility index (Phi) is 10.9. The minimum absolute atomic E-state index is 0.149. The van der Waals surface area contributed by atoms with E-state index in [9.17, 15) is 4.79 Å². The van der Waals surface area contributed by atoms with Crippen molar-refractivity contribution in [3.05, 3.63) is 41.7 Å². The molecule has 0 amide bonds. The van der Waals surface area contributed by atoms with Crippen LogP contribution in [0, 0.1) is 5.92 Å². The summed E-state index contributed by atoms with van der Waals surface area (Å²) in [7, 11) is 0. The van der Waals surface area contributed by atoms with Crippen molar-refractivity contribution in [2.75, 3.05) is 0 Å². The largest absolute Gasteiger partial charge is 0.427 e. The van der Waals surface area contributed by atoms with E-state index < -0.39 is 0 Å². The van der Waals surface area contributed by atoms with Gasteiger partial charge in [0.15, 0.2) is 5.82 Å². The Morgan fingerprint density at radius 1 is 0.939 bits per heavy atom. The lowest BCUT2D eigenvalue weighted by Gasteiger charge is -2.24. The van der Waals surface area contributed by atoms with Gasteiger partial charge in [-0.05, 0) is 61.4 Å². The molecule has 0 fully saturated rings. The number of rotatable bonds is 14. The number of carbonyl (C=O) groups is 1. The molecule has 1 aromatic carbocycles. The first-order valence-corrected chi connectivity index (χ1v) is 13.4. The van der Waals surface area contributed by atoms with Crippen LogP contribution in [0.2, 0.25) is 0 Å². The molecule has 33 heavy (non-hydrogen) atoms. The Morgan fingerprint density at radius 3 is 2.36 bits per heavy atom. The fourth-order valence-corrected chi connectivity index (χ4v) is 4.73. The lowest BCUT2D eigenvalue weighted by atomic mass is 9.84. The molecule has 0 saturated heterocycles. The van der Waals surface area contributed by atoms with Gasteiger partial charge in [-0.15, -0.1) is 0 Å². The van der Waals surface area contributed by atoms with Crippen LogP contribution in [0.15, 0.2) is 30.5 Å². The number of fused-ring (bicyclic) bond motifs is 1. The van der Waals surface area contributed by atoms with Gasteiger partial charge >= 0.3 is 5.97 Å². The van der Waals surface area contributed by atoms with Gasteiger partial charge in [0, 0.05) is 23.9 Å². The van der Waals surface area contributed by atoms with Gasteiger partial charge in [-0.1, -0.05) is 78.1 Å². The van der Waals surface area contributed by atoms with Gasteiger partial charge < -0.3 is 4.74 Å². The molecule has 2 aromatic rings. The molecule has 4 nitrogen and oxygen atoms in total. The van der Waals surface area contributed by atoms with Crippen molar-refractivity contribution in [2.24, 2.45) is 5.92 Å². The number of ether oxygens (including phenoxy) is 1. The molecule has 1 heterocycles. The Labute approximate surface area is 200 Å². The number of aryl methyl sites for hydroxylation is 1. The average Bonchev–Trinajstić information content (AvgIpc) is 2.84. The highest BCUT2D eigenvalue weighted by Gasteiger charge is 2.20. The number of hydrogen-bond donors (Lipinski definition) is 0. The molecule has 1 aliphatic rings. The zero-order valence-corrected chi connectivity index (χ0v) is 20.8. The molecular weight excluding hydrogens is 408 g/mol. The molecular formula is C29H42N2O2. The van der Waals surface area contributed by atoms with Crippen LogP contribution in [0.25, 0.3) is 11.4 Å². The van der Waals surface area contributed by atoms with Crippen LogP contribution < -0.4 is 4.74 Å². The van der Waals surface area contributed by atoms with E-state index in [0.717, 1.165) is 43.0 Å². The van der Waals surface area contributed by atoms with Crippen LogP contribution in [-0.2, 0) is 17.6 Å². The SMILES string of the molecule is CCCCCCCC(=O)Oc1ccc(-c2ncc3c(n2)CCC(CCCCCCC)C3)cc1. The van der Waals surface area contributed by atoms with Crippen LogP contribution in [0.1, 0.15) is 109 Å². The van der Waals surface area contributed by atoms with E-state index in [1.54, 1.807) is 0 Å². The average molecular weight is 451 g/mol. The maximum Gasteiger partial charge on any atom is 0.311 e. The van der Waals surface area contributed by atoms with Crippen LogP contribution in [0.4, 0.5) is 0 Å². The summed E-state index contributed by atoms with van der Waals surface area (Å²) in [5.41, 5.74) is 3.50. The zero-order chi connectivity index (χ0) is 23.3. The second kappa shape index (κ2) is 14.1. The third-order valence-electron chi connectivity index (χ3n) is 6.80. The number of unbranched alkanes of at least 4 members (excludes halogenated alkanes) is 8. The molecule has 0 saturated carbocycles. The molecule has 3 rings (SSSR count). The molecule has 0 spiro atoms. The van der Waals surface area contributed by atoms with Crippen LogP contribution >= 0.6 is 0 Å². The summed E-state index contributed by atoms with van der Waals surface area (Å²) < 4.78 is 5.49. The van der Waals surface area contributed by atoms with Crippen LogP contribution in [-0.4, -0.2) is 15.9 Å². The van der Waals surface area contributed by atoms with Gasteiger partial charge in [-0.2, -0.15) is 0 Å². The molecule has 0 radical (unpaired) electrons. The van der Waals surface area contributed by atoms with E-state index in [2.05, 4.69) is 18.8 Å². The maximum atomic E-state index is 12.1. The highest BCUT2D eigenvalue weighted by Crippen LogP contribution is 2.29. The number of hydrogen-bond acceptors (Lipinski definition) is 4. The summed E-state index contributed by atoms with van der Waals surface area (Å²) >= 11 is 0. The fraction of sp³-hybridized carbons (Fsp3) is 0.621. The molecule has 180 valence electrons. The monoisotopic (exact) mass is 450 g/mol. The topological polar surface area (TPSA) is 52.1 Å². The lowest BCUT2D eigenvalue weighted by molar-refractivity contribution is -0.134. The van der Waals surface area contributed by atoms with Gasteiger partial charge in [0.25, 0.3) is 0 Å². The summed E-state index contributed by atoms with van der Waals surface area (Å²) in [5, 5.41) is 0. The van der Waals surface area contributed by atoms with E-state index in [1.807, 2.05) is 30.5 Å². The first-order valence-electron chi connectivity index (χ1n) is 13.4. The third-order valence-corrected chi connectivity index (χ3v) is 6.80. The Hall–Kier alpha value is -2.23. The summed E-state index contributed by atoms with van der Waals surface area (Å²) in [4.78, 5) is 21.6. The van der Waals surface area contributed by atoms with Gasteiger partial charge in [0.05, 0.1) is 0 Å². The van der Waals surface area contributed by atoms with Gasteiger partial charge in [-0.3, -0.25) is 4.79 Å². The standard InChI is InChI=1S/C29H42N2O2/c1-3-5-7-9-11-13-23-15-20-27-25(21-23)22-30-29(31-27)24-16-18-26(19-17-24)33-28(32)14-12-10-8-6-4-2/h16-19,22-23H,3-15,20-21H2,1-2H3. The van der Waals surface area contributed by atoms with Crippen molar-refractivity contribution < 1.29 is 9.53 Å². The van der Waals surface area contributed by atoms with Crippen molar-refractivity contribution in [3.8, 4) is 17.1 Å². The predicted octanol–water partition coefficient (Wildman–Crippen LogP) is 7.87. The van der Waals surface area contributed by atoms with Crippen molar-refractivity contribution in [1.29, 1.82) is 0 Å². The van der Waals surface area contributed by atoms with E-state index >= 15 is 0 Å². The molecule has 1 unspecified atom stereocenters. The molecule has 1 atom stereocenters. The molecule has 0 aliphatic heterocycles. The molecule has 0 N–H and O–H groups in total. The van der Waals surface area contributed by atoms with Crippen molar-refractivity contribution in [1.82, 2.24) is 9.97 Å². The fourth-order valence-electron chi connectivity index (χ4n) is 4.73. The van der Waals surface area contributed by atoms with Gasteiger partial charge in [0.1, 0.15) is 5.75 Å². The lowest BCUT2D eigenvalue weighted by Crippen LogP contribution is -2.16. The molecule has 4 heteroatoms. The van der Waals surface area contributed by atoms with E-state index in [0.29, 0.717) is 12.2 Å². The normalized spacial score (nSPS) is 15.3. The van der Waals surface area contributed by atoms with Crippen molar-refractivity contribution in [3.63, 3.8) is 0 Å². The number of nitrogens with zero attached hydrogens (tertiary/aromatic N) is 2. The number of benzene rings is 1.